The Bertz CT molecular complexity index is 824. The maximum atomic E-state index is 12.4. The standard InChI is InChI=1S/C17H22N4O4S2/c1-6-12-11(7(2)22)15(23)21(12)13(16(24)25)14(6)27-8-3-9(19-4-8)10-5-26-17(18)20-10/h5-9,11-12,19,22H,3-4H2,1-2H3,(H2,18,20)(H,24,25)/t6-,7-,8?,9?,11-,12-/m1/s1. The molecule has 1 aromatic rings. The highest BCUT2D eigenvalue weighted by atomic mass is 32.2. The molecule has 4 rings (SSSR count). The van der Waals surface area contributed by atoms with Gasteiger partial charge in [0.05, 0.1) is 29.8 Å². The predicted octanol–water partition coefficient (Wildman–Crippen LogP) is 1.02. The zero-order valence-electron chi connectivity index (χ0n) is 15.0. The van der Waals surface area contributed by atoms with Crippen LogP contribution in [-0.4, -0.2) is 55.9 Å². The Balaban J connectivity index is 1.53. The number of nitrogens with two attached hydrogens (primary N) is 1. The molecule has 27 heavy (non-hydrogen) atoms. The molecular formula is C17H22N4O4S2. The third-order valence-corrected chi connectivity index (χ3v) is 7.80. The van der Waals surface area contributed by atoms with Crippen LogP contribution in [0.2, 0.25) is 0 Å². The second-order valence-corrected chi connectivity index (χ2v) is 9.55. The number of thioether (sulfide) groups is 1. The number of carboxylic acids is 1. The van der Waals surface area contributed by atoms with Gasteiger partial charge in [0.2, 0.25) is 5.91 Å². The molecule has 3 aliphatic heterocycles. The molecule has 3 aliphatic rings. The van der Waals surface area contributed by atoms with Crippen LogP contribution in [0.15, 0.2) is 16.0 Å². The van der Waals surface area contributed by atoms with Crippen LogP contribution >= 0.6 is 23.1 Å². The molecule has 146 valence electrons. The van der Waals surface area contributed by atoms with Crippen molar-refractivity contribution in [3.8, 4) is 0 Å². The molecule has 0 aromatic carbocycles. The van der Waals surface area contributed by atoms with E-state index >= 15 is 0 Å². The molecule has 0 bridgehead atoms. The molecule has 2 saturated heterocycles. The smallest absolute Gasteiger partial charge is 0.353 e. The van der Waals surface area contributed by atoms with Crippen LogP contribution in [0.5, 0.6) is 0 Å². The molecule has 5 N–H and O–H groups in total. The quantitative estimate of drug-likeness (QED) is 0.530. The van der Waals surface area contributed by atoms with E-state index in [0.29, 0.717) is 5.13 Å². The summed E-state index contributed by atoms with van der Waals surface area (Å²) in [5, 5.41) is 25.7. The van der Waals surface area contributed by atoms with Crippen LogP contribution in [0.3, 0.4) is 0 Å². The summed E-state index contributed by atoms with van der Waals surface area (Å²) in [7, 11) is 0. The first-order chi connectivity index (χ1) is 12.8. The van der Waals surface area contributed by atoms with Gasteiger partial charge in [-0.2, -0.15) is 0 Å². The van der Waals surface area contributed by atoms with Crippen LogP contribution in [0, 0.1) is 11.8 Å². The van der Waals surface area contributed by atoms with E-state index in [2.05, 4.69) is 10.3 Å². The number of amides is 1. The lowest BCUT2D eigenvalue weighted by atomic mass is 9.79. The van der Waals surface area contributed by atoms with E-state index in [1.54, 1.807) is 6.92 Å². The number of β-lactam (4-membered cyclic amide) rings is 1. The Morgan fingerprint density at radius 3 is 2.89 bits per heavy atom. The summed E-state index contributed by atoms with van der Waals surface area (Å²) >= 11 is 2.94. The number of aromatic nitrogens is 1. The number of carboxylic acid groups (broad SMARTS) is 1. The van der Waals surface area contributed by atoms with E-state index in [4.69, 9.17) is 5.73 Å². The molecule has 0 saturated carbocycles. The minimum absolute atomic E-state index is 0.0840. The van der Waals surface area contributed by atoms with Crippen LogP contribution in [-0.2, 0) is 9.59 Å². The molecule has 10 heteroatoms. The topological polar surface area (TPSA) is 129 Å². The van der Waals surface area contributed by atoms with Crippen molar-refractivity contribution in [2.75, 3.05) is 12.3 Å². The second-order valence-electron chi connectivity index (χ2n) is 7.32. The van der Waals surface area contributed by atoms with Crippen molar-refractivity contribution in [3.05, 3.63) is 21.7 Å². The predicted molar refractivity (Wildman–Crippen MR) is 103 cm³/mol. The lowest BCUT2D eigenvalue weighted by Gasteiger charge is -2.46. The van der Waals surface area contributed by atoms with Gasteiger partial charge in [-0.15, -0.1) is 23.1 Å². The number of rotatable bonds is 5. The molecular weight excluding hydrogens is 388 g/mol. The number of carbonyl (C=O) groups excluding carboxylic acids is 1. The summed E-state index contributed by atoms with van der Waals surface area (Å²) < 4.78 is 0. The average molecular weight is 411 g/mol. The van der Waals surface area contributed by atoms with Crippen molar-refractivity contribution >= 4 is 40.1 Å². The number of nitrogen functional groups attached to an aromatic ring is 1. The van der Waals surface area contributed by atoms with Crippen molar-refractivity contribution < 1.29 is 19.8 Å². The Kier molecular flexibility index (Phi) is 4.69. The Labute approximate surface area is 164 Å². The number of carbonyl (C=O) groups is 2. The molecule has 0 spiro atoms. The highest BCUT2D eigenvalue weighted by molar-refractivity contribution is 8.03. The first-order valence-electron chi connectivity index (χ1n) is 8.89. The highest BCUT2D eigenvalue weighted by Gasteiger charge is 2.60. The van der Waals surface area contributed by atoms with Gasteiger partial charge in [-0.1, -0.05) is 6.92 Å². The van der Waals surface area contributed by atoms with Crippen LogP contribution < -0.4 is 11.1 Å². The number of aliphatic carboxylic acids is 1. The molecule has 8 nitrogen and oxygen atoms in total. The Hall–Kier alpha value is -1.62. The van der Waals surface area contributed by atoms with E-state index in [1.807, 2.05) is 12.3 Å². The number of thiazole rings is 1. The summed E-state index contributed by atoms with van der Waals surface area (Å²) in [6, 6.07) is -0.167. The first-order valence-corrected chi connectivity index (χ1v) is 10.6. The number of nitrogens with one attached hydrogen (secondary N) is 1. The molecule has 2 fully saturated rings. The van der Waals surface area contributed by atoms with Gasteiger partial charge in [-0.3, -0.25) is 4.79 Å². The van der Waals surface area contributed by atoms with E-state index in [-0.39, 0.29) is 34.9 Å². The highest BCUT2D eigenvalue weighted by Crippen LogP contribution is 2.52. The van der Waals surface area contributed by atoms with Crippen molar-refractivity contribution in [3.63, 3.8) is 0 Å². The van der Waals surface area contributed by atoms with Gasteiger partial charge >= 0.3 is 5.97 Å². The number of fused-ring (bicyclic) bond motifs is 1. The number of anilines is 1. The fourth-order valence-electron chi connectivity index (χ4n) is 4.34. The van der Waals surface area contributed by atoms with Gasteiger partial charge in [0.1, 0.15) is 5.70 Å². The third-order valence-electron chi connectivity index (χ3n) is 5.59. The maximum Gasteiger partial charge on any atom is 0.353 e. The van der Waals surface area contributed by atoms with Gasteiger partial charge in [0.15, 0.2) is 5.13 Å². The van der Waals surface area contributed by atoms with E-state index in [9.17, 15) is 19.8 Å². The fraction of sp³-hybridized carbons (Fsp3) is 0.588. The number of hydrogen-bond acceptors (Lipinski definition) is 8. The summed E-state index contributed by atoms with van der Waals surface area (Å²) in [5.41, 5.74) is 6.72. The Morgan fingerprint density at radius 1 is 1.56 bits per heavy atom. The van der Waals surface area contributed by atoms with Gasteiger partial charge in [0, 0.05) is 28.0 Å². The summed E-state index contributed by atoms with van der Waals surface area (Å²) in [5.74, 6) is -2.01. The molecule has 1 aromatic heterocycles. The summed E-state index contributed by atoms with van der Waals surface area (Å²) in [4.78, 5) is 30.7. The molecule has 0 radical (unpaired) electrons. The van der Waals surface area contributed by atoms with Gasteiger partial charge in [0.25, 0.3) is 0 Å². The normalized spacial score (nSPS) is 34.0. The second kappa shape index (κ2) is 6.77. The van der Waals surface area contributed by atoms with Crippen molar-refractivity contribution in [2.45, 2.75) is 43.7 Å². The van der Waals surface area contributed by atoms with Gasteiger partial charge < -0.3 is 26.2 Å². The fourth-order valence-corrected chi connectivity index (χ4v) is 6.43. The van der Waals surface area contributed by atoms with Crippen LogP contribution in [0.25, 0.3) is 0 Å². The molecule has 0 aliphatic carbocycles. The van der Waals surface area contributed by atoms with Gasteiger partial charge in [-0.25, -0.2) is 9.78 Å². The van der Waals surface area contributed by atoms with Gasteiger partial charge in [-0.05, 0) is 13.3 Å². The monoisotopic (exact) mass is 410 g/mol. The third kappa shape index (κ3) is 2.95. The molecule has 2 unspecified atom stereocenters. The van der Waals surface area contributed by atoms with Crippen molar-refractivity contribution in [1.82, 2.24) is 15.2 Å². The minimum Gasteiger partial charge on any atom is -0.477 e. The maximum absolute atomic E-state index is 12.4. The number of aliphatic hydroxyl groups is 1. The SMILES string of the molecule is C[C@@H](O)[C@H]1C(=O)N2C(C(=O)O)=C(SC3CNC(c4csc(N)n4)C3)[C@H](C)[C@H]12. The zero-order chi connectivity index (χ0) is 19.5. The Morgan fingerprint density at radius 2 is 2.30 bits per heavy atom. The summed E-state index contributed by atoms with van der Waals surface area (Å²) in [6.07, 6.45) is 0.0309. The van der Waals surface area contributed by atoms with E-state index < -0.39 is 18.0 Å². The van der Waals surface area contributed by atoms with Crippen molar-refractivity contribution in [1.29, 1.82) is 0 Å². The van der Waals surface area contributed by atoms with Crippen molar-refractivity contribution in [2.24, 2.45) is 11.8 Å². The number of aliphatic hydroxyl groups excluding tert-OH is 1. The average Bonchev–Trinajstić information content (AvgIpc) is 3.27. The lowest BCUT2D eigenvalue weighted by molar-refractivity contribution is -0.163. The van der Waals surface area contributed by atoms with E-state index in [0.717, 1.165) is 23.6 Å². The summed E-state index contributed by atoms with van der Waals surface area (Å²) in [6.45, 7) is 4.26. The number of nitrogens with zero attached hydrogens (tertiary/aromatic N) is 2. The molecule has 4 heterocycles. The van der Waals surface area contributed by atoms with Crippen LogP contribution in [0.4, 0.5) is 5.13 Å². The lowest BCUT2D eigenvalue weighted by Crippen LogP contribution is -2.63. The van der Waals surface area contributed by atoms with E-state index in [1.165, 1.54) is 28.0 Å². The minimum atomic E-state index is -1.08. The van der Waals surface area contributed by atoms with Crippen LogP contribution in [0.1, 0.15) is 32.0 Å². The largest absolute Gasteiger partial charge is 0.477 e. The zero-order valence-corrected chi connectivity index (χ0v) is 16.6. The molecule has 6 atom stereocenters. The number of hydrogen-bond donors (Lipinski definition) is 4. The molecule has 1 amide bonds. The first kappa shape index (κ1) is 18.7.